The molecule has 1 aliphatic heterocycles. The first kappa shape index (κ1) is 17.7. The number of para-hydroxylation sites is 1. The number of hydroxylamine groups is 1. The van der Waals surface area contributed by atoms with Crippen molar-refractivity contribution < 1.29 is 18.8 Å². The number of halogens is 1. The highest BCUT2D eigenvalue weighted by atomic mass is 19.1. The number of fused-ring (bicyclic) bond motifs is 1. The molecule has 1 amide bonds. The number of benzene rings is 2. The first-order chi connectivity index (χ1) is 13.2. The molecule has 4 rings (SSSR count). The van der Waals surface area contributed by atoms with Gasteiger partial charge in [-0.3, -0.25) is 9.63 Å². The molecule has 1 aliphatic rings. The van der Waals surface area contributed by atoms with Crippen molar-refractivity contribution >= 4 is 16.8 Å². The first-order valence-corrected chi connectivity index (χ1v) is 9.08. The van der Waals surface area contributed by atoms with E-state index in [1.165, 1.54) is 12.1 Å². The summed E-state index contributed by atoms with van der Waals surface area (Å²) in [6.45, 7) is 1.17. The molecule has 2 heterocycles. The second-order valence-electron chi connectivity index (χ2n) is 6.66. The van der Waals surface area contributed by atoms with Gasteiger partial charge in [0.2, 0.25) is 5.91 Å². The van der Waals surface area contributed by atoms with Crippen LogP contribution in [-0.4, -0.2) is 30.2 Å². The Balaban J connectivity index is 1.52. The topological polar surface area (TPSA) is 63.4 Å². The quantitative estimate of drug-likeness (QED) is 0.652. The molecule has 1 unspecified atom stereocenters. The van der Waals surface area contributed by atoms with Crippen molar-refractivity contribution in [2.24, 2.45) is 0 Å². The number of aromatic nitrogens is 1. The fraction of sp³-hybridized carbons (Fsp3) is 0.286. The summed E-state index contributed by atoms with van der Waals surface area (Å²) in [4.78, 5) is 21.0. The second-order valence-corrected chi connectivity index (χ2v) is 6.66. The summed E-state index contributed by atoms with van der Waals surface area (Å²) in [7, 11) is 0. The maximum absolute atomic E-state index is 13.3. The molecule has 0 radical (unpaired) electrons. The zero-order chi connectivity index (χ0) is 18.6. The average molecular weight is 368 g/mol. The smallest absolute Gasteiger partial charge is 0.243 e. The number of carbonyl (C=O) groups excluding carboxylic acids is 1. The number of nitrogens with one attached hydrogen (secondary N) is 2. The Morgan fingerprint density at radius 2 is 2.04 bits per heavy atom. The minimum atomic E-state index is -0.274. The van der Waals surface area contributed by atoms with E-state index in [1.54, 1.807) is 12.1 Å². The van der Waals surface area contributed by atoms with Crippen molar-refractivity contribution in [2.75, 3.05) is 13.2 Å². The van der Waals surface area contributed by atoms with Crippen molar-refractivity contribution in [1.82, 2.24) is 10.5 Å². The van der Waals surface area contributed by atoms with Gasteiger partial charge in [-0.15, -0.1) is 0 Å². The van der Waals surface area contributed by atoms with Crippen molar-refractivity contribution in [2.45, 2.75) is 25.4 Å². The summed E-state index contributed by atoms with van der Waals surface area (Å²) in [5, 5.41) is 1.06. The SMILES string of the molecule is O=C(CCc1c(-c2ccc(F)cc2)[nH]c2ccccc12)NOC1CCOC1. The Labute approximate surface area is 156 Å². The largest absolute Gasteiger partial charge is 0.379 e. The van der Waals surface area contributed by atoms with Gasteiger partial charge < -0.3 is 9.72 Å². The van der Waals surface area contributed by atoms with Crippen molar-refractivity contribution in [1.29, 1.82) is 0 Å². The van der Waals surface area contributed by atoms with Crippen LogP contribution in [0.2, 0.25) is 0 Å². The molecule has 0 spiro atoms. The second kappa shape index (κ2) is 7.90. The van der Waals surface area contributed by atoms with E-state index in [1.807, 2.05) is 24.3 Å². The van der Waals surface area contributed by atoms with Crippen LogP contribution in [0.5, 0.6) is 0 Å². The van der Waals surface area contributed by atoms with Crippen LogP contribution in [0.15, 0.2) is 48.5 Å². The van der Waals surface area contributed by atoms with Gasteiger partial charge in [-0.1, -0.05) is 18.2 Å². The molecule has 3 aromatic rings. The molecule has 5 nitrogen and oxygen atoms in total. The molecule has 2 N–H and O–H groups in total. The van der Waals surface area contributed by atoms with E-state index in [-0.39, 0.29) is 17.8 Å². The minimum Gasteiger partial charge on any atom is -0.379 e. The number of H-pyrrole nitrogens is 1. The molecule has 1 atom stereocenters. The highest BCUT2D eigenvalue weighted by Gasteiger charge is 2.18. The first-order valence-electron chi connectivity index (χ1n) is 9.08. The van der Waals surface area contributed by atoms with Gasteiger partial charge in [0, 0.05) is 36.0 Å². The number of ether oxygens (including phenoxy) is 1. The van der Waals surface area contributed by atoms with Crippen LogP contribution in [0, 0.1) is 5.82 Å². The van der Waals surface area contributed by atoms with E-state index in [9.17, 15) is 9.18 Å². The zero-order valence-corrected chi connectivity index (χ0v) is 14.8. The molecule has 0 saturated carbocycles. The van der Waals surface area contributed by atoms with Gasteiger partial charge >= 0.3 is 0 Å². The van der Waals surface area contributed by atoms with Crippen LogP contribution in [0.1, 0.15) is 18.4 Å². The Bertz CT molecular complexity index is 930. The van der Waals surface area contributed by atoms with Crippen molar-refractivity contribution in [3.8, 4) is 11.3 Å². The van der Waals surface area contributed by atoms with Gasteiger partial charge in [0.25, 0.3) is 0 Å². The molecule has 2 aromatic carbocycles. The molecule has 140 valence electrons. The van der Waals surface area contributed by atoms with Crippen LogP contribution in [0.25, 0.3) is 22.2 Å². The Kier molecular flexibility index (Phi) is 5.18. The third-order valence-electron chi connectivity index (χ3n) is 4.78. The molecule has 27 heavy (non-hydrogen) atoms. The average Bonchev–Trinajstić information content (AvgIpc) is 3.33. The fourth-order valence-corrected chi connectivity index (χ4v) is 3.37. The van der Waals surface area contributed by atoms with Crippen LogP contribution >= 0.6 is 0 Å². The van der Waals surface area contributed by atoms with Gasteiger partial charge in [-0.05, 0) is 47.9 Å². The summed E-state index contributed by atoms with van der Waals surface area (Å²) in [6, 6.07) is 14.3. The van der Waals surface area contributed by atoms with Crippen LogP contribution < -0.4 is 5.48 Å². The van der Waals surface area contributed by atoms with E-state index >= 15 is 0 Å². The maximum atomic E-state index is 13.3. The maximum Gasteiger partial charge on any atom is 0.243 e. The number of amides is 1. The zero-order valence-electron chi connectivity index (χ0n) is 14.8. The predicted octanol–water partition coefficient (Wildman–Crippen LogP) is 3.74. The molecule has 6 heteroatoms. The molecule has 0 bridgehead atoms. The number of aryl methyl sites for hydroxylation is 1. The van der Waals surface area contributed by atoms with E-state index in [4.69, 9.17) is 9.57 Å². The number of rotatable bonds is 6. The lowest BCUT2D eigenvalue weighted by Crippen LogP contribution is -2.30. The lowest BCUT2D eigenvalue weighted by atomic mass is 10.0. The van der Waals surface area contributed by atoms with Crippen LogP contribution in [0.3, 0.4) is 0 Å². The van der Waals surface area contributed by atoms with E-state index in [2.05, 4.69) is 10.5 Å². The van der Waals surface area contributed by atoms with Gasteiger partial charge in [0.05, 0.1) is 6.61 Å². The number of hydrogen-bond acceptors (Lipinski definition) is 3. The van der Waals surface area contributed by atoms with Crippen LogP contribution in [-0.2, 0) is 20.8 Å². The molecular formula is C21H21FN2O3. The minimum absolute atomic E-state index is 0.0724. The summed E-state index contributed by atoms with van der Waals surface area (Å²) in [5.74, 6) is -0.443. The van der Waals surface area contributed by atoms with Gasteiger partial charge in [-0.2, -0.15) is 0 Å². The highest BCUT2D eigenvalue weighted by molar-refractivity contribution is 5.91. The van der Waals surface area contributed by atoms with Gasteiger partial charge in [0.1, 0.15) is 11.9 Å². The predicted molar refractivity (Wildman–Crippen MR) is 100 cm³/mol. The molecule has 0 aliphatic carbocycles. The Morgan fingerprint density at radius 1 is 1.22 bits per heavy atom. The normalized spacial score (nSPS) is 16.7. The third-order valence-corrected chi connectivity index (χ3v) is 4.78. The summed E-state index contributed by atoms with van der Waals surface area (Å²) in [5.41, 5.74) is 6.36. The Morgan fingerprint density at radius 3 is 2.81 bits per heavy atom. The lowest BCUT2D eigenvalue weighted by Gasteiger charge is -2.10. The summed E-state index contributed by atoms with van der Waals surface area (Å²) >= 11 is 0. The van der Waals surface area contributed by atoms with E-state index in [0.717, 1.165) is 34.1 Å². The van der Waals surface area contributed by atoms with Crippen molar-refractivity contribution in [3.05, 3.63) is 59.9 Å². The van der Waals surface area contributed by atoms with Gasteiger partial charge in [-0.25, -0.2) is 9.87 Å². The van der Waals surface area contributed by atoms with E-state index in [0.29, 0.717) is 26.1 Å². The molecule has 1 aromatic heterocycles. The lowest BCUT2D eigenvalue weighted by molar-refractivity contribution is -0.138. The number of aromatic amines is 1. The van der Waals surface area contributed by atoms with Crippen molar-refractivity contribution in [3.63, 3.8) is 0 Å². The fourth-order valence-electron chi connectivity index (χ4n) is 3.37. The Hall–Kier alpha value is -2.70. The summed E-state index contributed by atoms with van der Waals surface area (Å²) in [6.07, 6.45) is 1.56. The number of hydrogen-bond donors (Lipinski definition) is 2. The summed E-state index contributed by atoms with van der Waals surface area (Å²) < 4.78 is 18.5. The standard InChI is InChI=1S/C21H21FN2O3/c22-15-7-5-14(6-8-15)21-18(17-3-1-2-4-19(17)23-21)9-10-20(25)24-27-16-11-12-26-13-16/h1-8,16,23H,9-13H2,(H,24,25). The number of carbonyl (C=O) groups is 1. The third kappa shape index (κ3) is 4.02. The van der Waals surface area contributed by atoms with E-state index < -0.39 is 0 Å². The highest BCUT2D eigenvalue weighted by Crippen LogP contribution is 2.31. The molecule has 1 fully saturated rings. The molecule has 1 saturated heterocycles. The van der Waals surface area contributed by atoms with Gasteiger partial charge in [0.15, 0.2) is 0 Å². The monoisotopic (exact) mass is 368 g/mol. The molecular weight excluding hydrogens is 347 g/mol. The van der Waals surface area contributed by atoms with Crippen LogP contribution in [0.4, 0.5) is 4.39 Å².